The Bertz CT molecular complexity index is 1120. The van der Waals surface area contributed by atoms with Gasteiger partial charge in [0.25, 0.3) is 0 Å². The lowest BCUT2D eigenvalue weighted by Gasteiger charge is -2.24. The molecule has 9 heteroatoms. The van der Waals surface area contributed by atoms with Crippen molar-refractivity contribution in [1.29, 1.82) is 5.26 Å². The van der Waals surface area contributed by atoms with Gasteiger partial charge in [0.05, 0.1) is 33.1 Å². The fraction of sp³-hybridized carbons (Fsp3) is 0.158. The Labute approximate surface area is 173 Å². The predicted octanol–water partition coefficient (Wildman–Crippen LogP) is 4.22. The van der Waals surface area contributed by atoms with Gasteiger partial charge in [0, 0.05) is 0 Å². The van der Waals surface area contributed by atoms with E-state index < -0.39 is 5.92 Å². The summed E-state index contributed by atoms with van der Waals surface area (Å²) in [5.41, 5.74) is 8.48. The number of halogens is 1. The highest BCUT2D eigenvalue weighted by molar-refractivity contribution is 9.10. The van der Waals surface area contributed by atoms with E-state index in [2.05, 4.69) is 32.2 Å². The van der Waals surface area contributed by atoms with E-state index in [1.807, 2.05) is 24.4 Å². The van der Waals surface area contributed by atoms with Crippen molar-refractivity contribution in [2.45, 2.75) is 12.8 Å². The van der Waals surface area contributed by atoms with Gasteiger partial charge in [0.15, 0.2) is 11.5 Å². The number of thiophene rings is 1. The summed E-state index contributed by atoms with van der Waals surface area (Å²) in [4.78, 5) is 0.961. The van der Waals surface area contributed by atoms with Crippen LogP contribution in [0.2, 0.25) is 0 Å². The first-order valence-electron chi connectivity index (χ1n) is 8.40. The van der Waals surface area contributed by atoms with Crippen molar-refractivity contribution in [3.05, 3.63) is 56.7 Å². The molecule has 0 unspecified atom stereocenters. The van der Waals surface area contributed by atoms with Crippen LogP contribution < -0.4 is 15.2 Å². The molecule has 0 aliphatic carbocycles. The zero-order valence-electron chi connectivity index (χ0n) is 14.7. The summed E-state index contributed by atoms with van der Waals surface area (Å²) in [6.07, 6.45) is 0. The normalized spacial score (nSPS) is 15.7. The molecule has 0 spiro atoms. The summed E-state index contributed by atoms with van der Waals surface area (Å²) in [6.45, 7) is 2.22. The Hall–Kier alpha value is -2.96. The number of nitrogens with two attached hydrogens (primary N) is 1. The van der Waals surface area contributed by atoms with Crippen molar-refractivity contribution in [2.24, 2.45) is 5.73 Å². The number of benzene rings is 1. The molecule has 142 valence electrons. The molecule has 2 aromatic heterocycles. The van der Waals surface area contributed by atoms with Crippen LogP contribution in [0.15, 0.2) is 45.6 Å². The fourth-order valence-corrected chi connectivity index (χ4v) is 4.41. The second kappa shape index (κ2) is 7.22. The first-order chi connectivity index (χ1) is 13.5. The number of phenolic OH excluding ortho intramolecular Hbond substituents is 1. The number of aromatic amines is 1. The number of allylic oxidation sites excluding steroid dienone is 1. The van der Waals surface area contributed by atoms with Crippen LogP contribution in [0.5, 0.6) is 17.4 Å². The van der Waals surface area contributed by atoms with Gasteiger partial charge in [-0.05, 0) is 52.0 Å². The minimum Gasteiger partial charge on any atom is -0.503 e. The maximum Gasteiger partial charge on any atom is 0.244 e. The Kier molecular flexibility index (Phi) is 4.75. The second-order valence-electron chi connectivity index (χ2n) is 6.00. The van der Waals surface area contributed by atoms with E-state index in [0.717, 1.165) is 16.1 Å². The van der Waals surface area contributed by atoms with Crippen molar-refractivity contribution in [2.75, 3.05) is 6.61 Å². The number of fused-ring (bicyclic) bond motifs is 1. The average molecular weight is 459 g/mol. The molecule has 1 aliphatic rings. The topological polar surface area (TPSA) is 117 Å². The van der Waals surface area contributed by atoms with Gasteiger partial charge < -0.3 is 20.3 Å². The number of nitrogens with zero attached hydrogens (tertiary/aromatic N) is 2. The molecule has 3 heterocycles. The molecule has 0 bridgehead atoms. The Morgan fingerprint density at radius 2 is 2.32 bits per heavy atom. The van der Waals surface area contributed by atoms with Crippen LogP contribution in [-0.4, -0.2) is 21.9 Å². The highest BCUT2D eigenvalue weighted by atomic mass is 79.9. The smallest absolute Gasteiger partial charge is 0.244 e. The summed E-state index contributed by atoms with van der Waals surface area (Å²) in [5, 5.41) is 29.3. The van der Waals surface area contributed by atoms with Gasteiger partial charge in [-0.25, -0.2) is 0 Å². The second-order valence-corrected chi connectivity index (χ2v) is 7.80. The van der Waals surface area contributed by atoms with Crippen molar-refractivity contribution in [1.82, 2.24) is 10.2 Å². The molecule has 0 radical (unpaired) electrons. The molecule has 0 saturated heterocycles. The number of H-pyrrole nitrogens is 1. The zero-order valence-corrected chi connectivity index (χ0v) is 17.1. The molecule has 4 N–H and O–H groups in total. The minimum absolute atomic E-state index is 0.000911. The van der Waals surface area contributed by atoms with Gasteiger partial charge in [-0.3, -0.25) is 5.10 Å². The first kappa shape index (κ1) is 18.4. The van der Waals surface area contributed by atoms with Crippen molar-refractivity contribution < 1.29 is 14.6 Å². The van der Waals surface area contributed by atoms with Gasteiger partial charge in [0.2, 0.25) is 11.8 Å². The van der Waals surface area contributed by atoms with E-state index in [1.165, 1.54) is 0 Å². The lowest BCUT2D eigenvalue weighted by atomic mass is 9.83. The standard InChI is InChI=1S/C19H15BrN4O3S/c1-2-26-12-7-9(6-11(20)17(12)25)14-10(8-21)18(22)27-19-15(14)16(23-24-19)13-4-3-5-28-13/h3-7,14,25H,2,22H2,1H3,(H,23,24)/t14-/m0/s1. The van der Waals surface area contributed by atoms with Gasteiger partial charge in [-0.15, -0.1) is 16.4 Å². The molecule has 1 aromatic carbocycles. The summed E-state index contributed by atoms with van der Waals surface area (Å²) in [7, 11) is 0. The third kappa shape index (κ3) is 2.91. The third-order valence-electron chi connectivity index (χ3n) is 4.39. The van der Waals surface area contributed by atoms with Crippen LogP contribution in [0.3, 0.4) is 0 Å². The van der Waals surface area contributed by atoms with Crippen molar-refractivity contribution >= 4 is 27.3 Å². The molecular weight excluding hydrogens is 444 g/mol. The number of aromatic hydroxyl groups is 1. The summed E-state index contributed by atoms with van der Waals surface area (Å²) in [5.74, 6) is 0.120. The molecule has 4 rings (SSSR count). The lowest BCUT2D eigenvalue weighted by molar-refractivity contribution is 0.316. The number of aromatic nitrogens is 2. The number of nitriles is 1. The number of phenols is 1. The maximum absolute atomic E-state index is 10.3. The van der Waals surface area contributed by atoms with E-state index in [-0.39, 0.29) is 17.2 Å². The van der Waals surface area contributed by atoms with Crippen molar-refractivity contribution in [3.63, 3.8) is 0 Å². The van der Waals surface area contributed by atoms with E-state index in [0.29, 0.717) is 28.3 Å². The molecule has 28 heavy (non-hydrogen) atoms. The number of rotatable bonds is 4. The predicted molar refractivity (Wildman–Crippen MR) is 108 cm³/mol. The number of hydrogen-bond acceptors (Lipinski definition) is 7. The fourth-order valence-electron chi connectivity index (χ4n) is 3.21. The van der Waals surface area contributed by atoms with Gasteiger partial charge in [-0.2, -0.15) is 5.26 Å². The summed E-state index contributed by atoms with van der Waals surface area (Å²) in [6, 6.07) is 9.51. The summed E-state index contributed by atoms with van der Waals surface area (Å²) >= 11 is 4.91. The molecule has 0 fully saturated rings. The maximum atomic E-state index is 10.3. The molecule has 1 aliphatic heterocycles. The van der Waals surface area contributed by atoms with E-state index in [4.69, 9.17) is 15.2 Å². The van der Waals surface area contributed by atoms with Crippen LogP contribution >= 0.6 is 27.3 Å². The molecule has 0 amide bonds. The third-order valence-corrected chi connectivity index (χ3v) is 5.88. The van der Waals surface area contributed by atoms with Crippen molar-refractivity contribution in [3.8, 4) is 34.0 Å². The number of ether oxygens (including phenoxy) is 2. The number of hydrogen-bond donors (Lipinski definition) is 3. The lowest BCUT2D eigenvalue weighted by Crippen LogP contribution is -2.21. The molecule has 0 saturated carbocycles. The minimum atomic E-state index is -0.527. The van der Waals surface area contributed by atoms with Gasteiger partial charge in [-0.1, -0.05) is 6.07 Å². The average Bonchev–Trinajstić information content (AvgIpc) is 3.33. The van der Waals surface area contributed by atoms with E-state index >= 15 is 0 Å². The molecule has 1 atom stereocenters. The Morgan fingerprint density at radius 1 is 1.50 bits per heavy atom. The zero-order chi connectivity index (χ0) is 19.8. The molecular formula is C19H15BrN4O3S. The van der Waals surface area contributed by atoms with Crippen LogP contribution in [0, 0.1) is 11.3 Å². The highest BCUT2D eigenvalue weighted by Gasteiger charge is 2.36. The largest absolute Gasteiger partial charge is 0.503 e. The van der Waals surface area contributed by atoms with Gasteiger partial charge >= 0.3 is 0 Å². The van der Waals surface area contributed by atoms with Crippen LogP contribution in [-0.2, 0) is 0 Å². The quantitative estimate of drug-likeness (QED) is 0.538. The SMILES string of the molecule is CCOc1cc([C@H]2C(C#N)=C(N)Oc3n[nH]c(-c4cccs4)c32)cc(Br)c1O. The molecule has 3 aromatic rings. The van der Waals surface area contributed by atoms with Gasteiger partial charge in [0.1, 0.15) is 11.6 Å². The first-order valence-corrected chi connectivity index (χ1v) is 10.1. The van der Waals surface area contributed by atoms with Crippen LogP contribution in [0.25, 0.3) is 10.6 Å². The van der Waals surface area contributed by atoms with Crippen LogP contribution in [0.4, 0.5) is 0 Å². The number of nitrogens with one attached hydrogen (secondary N) is 1. The summed E-state index contributed by atoms with van der Waals surface area (Å²) < 4.78 is 11.6. The Balaban J connectivity index is 1.96. The van der Waals surface area contributed by atoms with E-state index in [9.17, 15) is 10.4 Å². The monoisotopic (exact) mass is 458 g/mol. The van der Waals surface area contributed by atoms with Crippen LogP contribution in [0.1, 0.15) is 24.0 Å². The van der Waals surface area contributed by atoms with E-state index in [1.54, 1.807) is 23.5 Å². The molecule has 7 nitrogen and oxygen atoms in total. The Morgan fingerprint density at radius 3 is 3.00 bits per heavy atom. The highest BCUT2D eigenvalue weighted by Crippen LogP contribution is 2.48.